The number of amides is 1. The number of fused-ring (bicyclic) bond motifs is 1. The molecule has 0 fully saturated rings. The summed E-state index contributed by atoms with van der Waals surface area (Å²) in [6.07, 6.45) is 0. The molecular formula is C12H11FN2O. The van der Waals surface area contributed by atoms with Gasteiger partial charge in [-0.3, -0.25) is 4.79 Å². The van der Waals surface area contributed by atoms with E-state index in [1.807, 2.05) is 0 Å². The molecular weight excluding hydrogens is 207 g/mol. The smallest absolute Gasteiger partial charge is 0.234 e. The molecule has 0 radical (unpaired) electrons. The number of halogens is 1. The quantitative estimate of drug-likeness (QED) is 0.509. The van der Waals surface area contributed by atoms with Crippen molar-refractivity contribution in [3.63, 3.8) is 0 Å². The Kier molecular flexibility index (Phi) is 2.13. The molecule has 0 bridgehead atoms. The molecule has 0 saturated carbocycles. The van der Waals surface area contributed by atoms with Crippen molar-refractivity contribution in [1.29, 1.82) is 0 Å². The lowest BCUT2D eigenvalue weighted by molar-refractivity contribution is -0.119. The van der Waals surface area contributed by atoms with E-state index < -0.39 is 11.2 Å². The molecule has 0 atom stereocenters. The maximum Gasteiger partial charge on any atom is 0.234 e. The first-order chi connectivity index (χ1) is 7.46. The maximum absolute atomic E-state index is 13.6. The summed E-state index contributed by atoms with van der Waals surface area (Å²) in [6.45, 7) is 3.50. The summed E-state index contributed by atoms with van der Waals surface area (Å²) in [4.78, 5) is 11.6. The minimum atomic E-state index is -0.704. The Morgan fingerprint density at radius 1 is 1.44 bits per heavy atom. The van der Waals surface area contributed by atoms with Crippen LogP contribution in [0.25, 0.3) is 0 Å². The lowest BCUT2D eigenvalue weighted by Gasteiger charge is -2.14. The van der Waals surface area contributed by atoms with Gasteiger partial charge < -0.3 is 11.1 Å². The SMILES string of the molecule is CC1(C)C(=O)Nc2cc(C#CN)c(F)cc21. The van der Waals surface area contributed by atoms with E-state index in [0.717, 1.165) is 0 Å². The van der Waals surface area contributed by atoms with E-state index in [1.165, 1.54) is 12.1 Å². The lowest BCUT2D eigenvalue weighted by Crippen LogP contribution is -2.26. The van der Waals surface area contributed by atoms with Crippen molar-refractivity contribution in [1.82, 2.24) is 0 Å². The second-order valence-electron chi connectivity index (χ2n) is 4.23. The van der Waals surface area contributed by atoms with Gasteiger partial charge in [-0.25, -0.2) is 4.39 Å². The first-order valence-corrected chi connectivity index (χ1v) is 4.84. The van der Waals surface area contributed by atoms with E-state index in [2.05, 4.69) is 17.3 Å². The van der Waals surface area contributed by atoms with Crippen molar-refractivity contribution in [2.45, 2.75) is 19.3 Å². The summed E-state index contributed by atoms with van der Waals surface area (Å²) in [5.74, 6) is 1.85. The Hall–Kier alpha value is -2.02. The van der Waals surface area contributed by atoms with Gasteiger partial charge in [0.1, 0.15) is 5.82 Å². The van der Waals surface area contributed by atoms with E-state index in [-0.39, 0.29) is 11.5 Å². The van der Waals surface area contributed by atoms with Crippen LogP contribution in [0.2, 0.25) is 0 Å². The number of nitrogens with one attached hydrogen (secondary N) is 1. The van der Waals surface area contributed by atoms with Gasteiger partial charge in [-0.2, -0.15) is 0 Å². The molecule has 82 valence electrons. The van der Waals surface area contributed by atoms with Gasteiger partial charge in [-0.15, -0.1) is 0 Å². The number of carbonyl (C=O) groups excluding carboxylic acids is 1. The van der Waals surface area contributed by atoms with Crippen LogP contribution in [-0.2, 0) is 10.2 Å². The average Bonchev–Trinajstić information content (AvgIpc) is 2.41. The van der Waals surface area contributed by atoms with Gasteiger partial charge >= 0.3 is 0 Å². The Balaban J connectivity index is 2.64. The highest BCUT2D eigenvalue weighted by atomic mass is 19.1. The highest BCUT2D eigenvalue weighted by molar-refractivity contribution is 6.05. The van der Waals surface area contributed by atoms with Crippen LogP contribution < -0.4 is 11.1 Å². The number of benzene rings is 1. The molecule has 1 aromatic rings. The third kappa shape index (κ3) is 1.33. The zero-order chi connectivity index (χ0) is 11.9. The zero-order valence-electron chi connectivity index (χ0n) is 9.02. The molecule has 0 unspecified atom stereocenters. The second kappa shape index (κ2) is 3.24. The first-order valence-electron chi connectivity index (χ1n) is 4.84. The number of nitrogens with two attached hydrogens (primary N) is 1. The molecule has 4 heteroatoms. The third-order valence-electron chi connectivity index (χ3n) is 2.80. The Bertz CT molecular complexity index is 538. The van der Waals surface area contributed by atoms with Gasteiger partial charge in [-0.1, -0.05) is 0 Å². The molecule has 2 rings (SSSR count). The van der Waals surface area contributed by atoms with Crippen LogP contribution in [0.5, 0.6) is 0 Å². The summed E-state index contributed by atoms with van der Waals surface area (Å²) in [5.41, 5.74) is 5.79. The Morgan fingerprint density at radius 3 is 2.75 bits per heavy atom. The Morgan fingerprint density at radius 2 is 2.12 bits per heavy atom. The highest BCUT2D eigenvalue weighted by Gasteiger charge is 2.38. The number of anilines is 1. The fourth-order valence-corrected chi connectivity index (χ4v) is 1.77. The molecule has 1 heterocycles. The van der Waals surface area contributed by atoms with Crippen molar-refractivity contribution < 1.29 is 9.18 Å². The molecule has 1 aliphatic rings. The Labute approximate surface area is 92.8 Å². The van der Waals surface area contributed by atoms with Gasteiger partial charge in [0.25, 0.3) is 0 Å². The van der Waals surface area contributed by atoms with Gasteiger partial charge in [0.2, 0.25) is 5.91 Å². The fourth-order valence-electron chi connectivity index (χ4n) is 1.77. The molecule has 1 amide bonds. The molecule has 0 saturated heterocycles. The van der Waals surface area contributed by atoms with E-state index in [4.69, 9.17) is 5.73 Å². The molecule has 3 N–H and O–H groups in total. The molecule has 0 aromatic heterocycles. The summed E-state index contributed by atoms with van der Waals surface area (Å²) >= 11 is 0. The molecule has 1 aromatic carbocycles. The molecule has 1 aliphatic heterocycles. The van der Waals surface area contributed by atoms with Gasteiger partial charge in [-0.05, 0) is 37.5 Å². The number of carbonyl (C=O) groups is 1. The van der Waals surface area contributed by atoms with Crippen LogP contribution in [0.15, 0.2) is 12.1 Å². The minimum Gasteiger partial charge on any atom is -0.359 e. The number of rotatable bonds is 0. The van der Waals surface area contributed by atoms with Gasteiger partial charge in [0.05, 0.1) is 11.0 Å². The average molecular weight is 218 g/mol. The van der Waals surface area contributed by atoms with Crippen LogP contribution in [0.4, 0.5) is 10.1 Å². The number of hydrogen-bond donors (Lipinski definition) is 2. The second-order valence-corrected chi connectivity index (χ2v) is 4.23. The van der Waals surface area contributed by atoms with E-state index in [1.54, 1.807) is 13.8 Å². The predicted molar refractivity (Wildman–Crippen MR) is 59.1 cm³/mol. The summed E-state index contributed by atoms with van der Waals surface area (Å²) < 4.78 is 13.6. The van der Waals surface area contributed by atoms with Crippen molar-refractivity contribution in [2.75, 3.05) is 5.32 Å². The fraction of sp³-hybridized carbons (Fsp3) is 0.250. The highest BCUT2D eigenvalue weighted by Crippen LogP contribution is 2.38. The topological polar surface area (TPSA) is 55.1 Å². The van der Waals surface area contributed by atoms with E-state index in [0.29, 0.717) is 11.3 Å². The van der Waals surface area contributed by atoms with Gasteiger partial charge in [0, 0.05) is 11.7 Å². The first kappa shape index (κ1) is 10.5. The molecule has 0 spiro atoms. The maximum atomic E-state index is 13.6. The van der Waals surface area contributed by atoms with Crippen LogP contribution in [0.3, 0.4) is 0 Å². The third-order valence-corrected chi connectivity index (χ3v) is 2.80. The van der Waals surface area contributed by atoms with Crippen LogP contribution in [-0.4, -0.2) is 5.91 Å². The van der Waals surface area contributed by atoms with Gasteiger partial charge in [0.15, 0.2) is 0 Å². The molecule has 16 heavy (non-hydrogen) atoms. The number of hydrogen-bond acceptors (Lipinski definition) is 2. The minimum absolute atomic E-state index is 0.139. The summed E-state index contributed by atoms with van der Waals surface area (Å²) in [6, 6.07) is 5.00. The van der Waals surface area contributed by atoms with Crippen LogP contribution in [0, 0.1) is 17.8 Å². The van der Waals surface area contributed by atoms with Crippen molar-refractivity contribution in [3.05, 3.63) is 29.1 Å². The summed E-state index contributed by atoms with van der Waals surface area (Å²) in [5, 5.41) is 2.70. The molecule has 3 nitrogen and oxygen atoms in total. The standard InChI is InChI=1S/C12H11FN2O/c1-12(2)8-6-9(13)7(3-4-14)5-10(8)15-11(12)16/h5-6H,14H2,1-2H3,(H,15,16). The lowest BCUT2D eigenvalue weighted by atomic mass is 9.86. The van der Waals surface area contributed by atoms with Crippen molar-refractivity contribution in [2.24, 2.45) is 5.73 Å². The van der Waals surface area contributed by atoms with E-state index in [9.17, 15) is 9.18 Å². The zero-order valence-corrected chi connectivity index (χ0v) is 9.02. The van der Waals surface area contributed by atoms with E-state index >= 15 is 0 Å². The van der Waals surface area contributed by atoms with Crippen molar-refractivity contribution in [3.8, 4) is 12.0 Å². The largest absolute Gasteiger partial charge is 0.359 e. The van der Waals surface area contributed by atoms with Crippen LogP contribution >= 0.6 is 0 Å². The predicted octanol–water partition coefficient (Wildman–Crippen LogP) is 1.32. The monoisotopic (exact) mass is 218 g/mol. The summed E-state index contributed by atoms with van der Waals surface area (Å²) in [7, 11) is 0. The normalized spacial score (nSPS) is 16.1. The van der Waals surface area contributed by atoms with Crippen molar-refractivity contribution >= 4 is 11.6 Å². The van der Waals surface area contributed by atoms with Crippen LogP contribution in [0.1, 0.15) is 25.0 Å². The molecule has 0 aliphatic carbocycles.